The molecule has 4 N–H and O–H groups in total. The number of nitrogens with one attached hydrogen (secondary N) is 2. The van der Waals surface area contributed by atoms with E-state index in [9.17, 15) is 13.2 Å². The maximum absolute atomic E-state index is 10.6. The van der Waals surface area contributed by atoms with Crippen molar-refractivity contribution in [3.63, 3.8) is 0 Å². The molecule has 0 amide bonds. The number of nitrogens with zero attached hydrogens (tertiary/aromatic N) is 2. The van der Waals surface area contributed by atoms with Crippen LogP contribution in [-0.4, -0.2) is 64.7 Å². The Kier molecular flexibility index (Phi) is 7.95. The van der Waals surface area contributed by atoms with Crippen molar-refractivity contribution in [2.75, 3.05) is 31.6 Å². The number of aromatic nitrogens is 2. The summed E-state index contributed by atoms with van der Waals surface area (Å²) in [4.78, 5) is 17.1. The van der Waals surface area contributed by atoms with Gasteiger partial charge in [-0.2, -0.15) is 18.2 Å². The SMILES string of the molecule is O=C(O)C(F)(F)F.OCCOc1nc(N[C@@H]2CCNC2)ncc1Cl. The number of ether oxygens (including phenoxy) is 1. The molecule has 24 heavy (non-hydrogen) atoms. The predicted molar refractivity (Wildman–Crippen MR) is 78.2 cm³/mol. The number of rotatable bonds is 5. The average Bonchev–Trinajstić information content (AvgIpc) is 3.00. The van der Waals surface area contributed by atoms with Crippen molar-refractivity contribution >= 4 is 23.5 Å². The van der Waals surface area contributed by atoms with Gasteiger partial charge in [0, 0.05) is 12.6 Å². The Morgan fingerprint density at radius 1 is 1.54 bits per heavy atom. The lowest BCUT2D eigenvalue weighted by atomic mass is 10.3. The summed E-state index contributed by atoms with van der Waals surface area (Å²) in [6.07, 6.45) is -2.55. The van der Waals surface area contributed by atoms with Crippen molar-refractivity contribution in [1.29, 1.82) is 0 Å². The highest BCUT2D eigenvalue weighted by Crippen LogP contribution is 2.22. The molecule has 0 aliphatic carbocycles. The van der Waals surface area contributed by atoms with E-state index >= 15 is 0 Å². The highest BCUT2D eigenvalue weighted by atomic mass is 35.5. The molecule has 0 aromatic carbocycles. The first kappa shape index (κ1) is 20.2. The topological polar surface area (TPSA) is 117 Å². The molecular weight excluding hydrogens is 357 g/mol. The van der Waals surface area contributed by atoms with Gasteiger partial charge in [-0.15, -0.1) is 0 Å². The third-order valence-corrected chi connectivity index (χ3v) is 2.94. The minimum Gasteiger partial charge on any atom is -0.475 e. The van der Waals surface area contributed by atoms with Crippen molar-refractivity contribution in [2.45, 2.75) is 18.6 Å². The monoisotopic (exact) mass is 372 g/mol. The number of halogens is 4. The summed E-state index contributed by atoms with van der Waals surface area (Å²) in [6, 6.07) is 0.335. The number of hydrogen-bond acceptors (Lipinski definition) is 7. The molecular formula is C12H16ClF3N4O4. The van der Waals surface area contributed by atoms with Crippen LogP contribution in [0.3, 0.4) is 0 Å². The Labute approximate surface area is 140 Å². The van der Waals surface area contributed by atoms with Crippen LogP contribution in [0.25, 0.3) is 0 Å². The number of aliphatic hydroxyl groups excluding tert-OH is 1. The summed E-state index contributed by atoms with van der Waals surface area (Å²) in [5, 5.41) is 22.6. The number of hydrogen-bond donors (Lipinski definition) is 4. The first-order chi connectivity index (χ1) is 11.2. The van der Waals surface area contributed by atoms with E-state index in [1.165, 1.54) is 6.20 Å². The molecule has 12 heteroatoms. The van der Waals surface area contributed by atoms with Gasteiger partial charge >= 0.3 is 12.1 Å². The average molecular weight is 373 g/mol. The zero-order valence-corrected chi connectivity index (χ0v) is 13.1. The summed E-state index contributed by atoms with van der Waals surface area (Å²) in [7, 11) is 0. The van der Waals surface area contributed by atoms with Crippen molar-refractivity contribution < 1.29 is 32.9 Å². The largest absolute Gasteiger partial charge is 0.490 e. The van der Waals surface area contributed by atoms with Crippen LogP contribution in [-0.2, 0) is 4.79 Å². The first-order valence-corrected chi connectivity index (χ1v) is 7.15. The highest BCUT2D eigenvalue weighted by Gasteiger charge is 2.38. The van der Waals surface area contributed by atoms with E-state index in [4.69, 9.17) is 31.3 Å². The van der Waals surface area contributed by atoms with E-state index in [2.05, 4.69) is 20.6 Å². The number of anilines is 1. The van der Waals surface area contributed by atoms with Gasteiger partial charge in [-0.25, -0.2) is 9.78 Å². The number of carbonyl (C=O) groups is 1. The number of carboxylic acid groups (broad SMARTS) is 1. The van der Waals surface area contributed by atoms with Crippen molar-refractivity contribution in [1.82, 2.24) is 15.3 Å². The molecule has 1 aromatic rings. The van der Waals surface area contributed by atoms with Gasteiger partial charge in [-0.05, 0) is 13.0 Å². The lowest BCUT2D eigenvalue weighted by Crippen LogP contribution is -2.23. The van der Waals surface area contributed by atoms with E-state index in [1.807, 2.05) is 0 Å². The Hall–Kier alpha value is -1.85. The fourth-order valence-electron chi connectivity index (χ4n) is 1.62. The smallest absolute Gasteiger partial charge is 0.475 e. The molecule has 0 bridgehead atoms. The minimum absolute atomic E-state index is 0.0738. The quantitative estimate of drug-likeness (QED) is 0.602. The number of aliphatic carboxylic acids is 1. The molecule has 136 valence electrons. The van der Waals surface area contributed by atoms with Gasteiger partial charge in [0.05, 0.1) is 12.8 Å². The van der Waals surface area contributed by atoms with Crippen LogP contribution in [0.5, 0.6) is 5.88 Å². The Morgan fingerprint density at radius 3 is 2.71 bits per heavy atom. The van der Waals surface area contributed by atoms with Crippen LogP contribution >= 0.6 is 11.6 Å². The van der Waals surface area contributed by atoms with Gasteiger partial charge in [0.1, 0.15) is 11.6 Å². The van der Waals surface area contributed by atoms with E-state index < -0.39 is 12.1 Å². The van der Waals surface area contributed by atoms with E-state index in [1.54, 1.807) is 0 Å². The fraction of sp³-hybridized carbons (Fsp3) is 0.583. The zero-order valence-electron chi connectivity index (χ0n) is 12.3. The number of carboxylic acids is 1. The van der Waals surface area contributed by atoms with Crippen LogP contribution < -0.4 is 15.4 Å². The molecule has 1 atom stereocenters. The maximum atomic E-state index is 10.6. The van der Waals surface area contributed by atoms with Gasteiger partial charge in [-0.1, -0.05) is 11.6 Å². The van der Waals surface area contributed by atoms with Crippen LogP contribution in [0.1, 0.15) is 6.42 Å². The summed E-state index contributed by atoms with van der Waals surface area (Å²) in [6.45, 7) is 1.99. The third kappa shape index (κ3) is 7.15. The van der Waals surface area contributed by atoms with Gasteiger partial charge in [0.25, 0.3) is 0 Å². The van der Waals surface area contributed by atoms with Crippen LogP contribution in [0.2, 0.25) is 5.02 Å². The lowest BCUT2D eigenvalue weighted by molar-refractivity contribution is -0.192. The van der Waals surface area contributed by atoms with Crippen LogP contribution in [0.4, 0.5) is 19.1 Å². The molecule has 0 radical (unpaired) electrons. The molecule has 0 spiro atoms. The van der Waals surface area contributed by atoms with Crippen molar-refractivity contribution in [3.8, 4) is 5.88 Å². The van der Waals surface area contributed by atoms with Gasteiger partial charge in [0.15, 0.2) is 0 Å². The molecule has 0 saturated carbocycles. The van der Waals surface area contributed by atoms with Gasteiger partial charge in [0.2, 0.25) is 11.8 Å². The molecule has 1 saturated heterocycles. The Balaban J connectivity index is 0.000000351. The fourth-order valence-corrected chi connectivity index (χ4v) is 1.77. The lowest BCUT2D eigenvalue weighted by Gasteiger charge is -2.12. The summed E-state index contributed by atoms with van der Waals surface area (Å²) >= 11 is 5.88. The van der Waals surface area contributed by atoms with E-state index in [-0.39, 0.29) is 13.2 Å². The van der Waals surface area contributed by atoms with E-state index in [0.29, 0.717) is 22.9 Å². The molecule has 1 fully saturated rings. The summed E-state index contributed by atoms with van der Waals surface area (Å²) < 4.78 is 36.9. The number of alkyl halides is 3. The predicted octanol–water partition coefficient (Wildman–Crippen LogP) is 0.908. The molecule has 1 aromatic heterocycles. The highest BCUT2D eigenvalue weighted by molar-refractivity contribution is 6.31. The van der Waals surface area contributed by atoms with Crippen molar-refractivity contribution in [2.24, 2.45) is 0 Å². The van der Waals surface area contributed by atoms with Crippen molar-refractivity contribution in [3.05, 3.63) is 11.2 Å². The third-order valence-electron chi connectivity index (χ3n) is 2.68. The Morgan fingerprint density at radius 2 is 2.21 bits per heavy atom. The van der Waals surface area contributed by atoms with Crippen LogP contribution in [0.15, 0.2) is 6.20 Å². The molecule has 2 heterocycles. The second kappa shape index (κ2) is 9.45. The Bertz CT molecular complexity index is 542. The summed E-state index contributed by atoms with van der Waals surface area (Å²) in [5.74, 6) is -1.97. The van der Waals surface area contributed by atoms with Crippen LogP contribution in [0, 0.1) is 0 Å². The first-order valence-electron chi connectivity index (χ1n) is 6.77. The van der Waals surface area contributed by atoms with Gasteiger partial charge < -0.3 is 25.6 Å². The zero-order chi connectivity index (χ0) is 18.2. The maximum Gasteiger partial charge on any atom is 0.490 e. The second-order valence-corrected chi connectivity index (χ2v) is 4.96. The van der Waals surface area contributed by atoms with Gasteiger partial charge in [-0.3, -0.25) is 0 Å². The number of aliphatic hydroxyl groups is 1. The standard InChI is InChI=1S/C10H15ClN4O2.C2HF3O2/c11-8-6-13-10(14-7-1-2-12-5-7)15-9(8)17-4-3-16;3-2(4,5)1(6)7/h6-7,12,16H,1-5H2,(H,13,14,15);(H,6,7)/t7-;/m1./s1. The normalized spacial score (nSPS) is 17.0. The second-order valence-electron chi connectivity index (χ2n) is 4.56. The summed E-state index contributed by atoms with van der Waals surface area (Å²) in [5.41, 5.74) is 0. The molecule has 2 rings (SSSR count). The molecule has 8 nitrogen and oxygen atoms in total. The molecule has 1 aliphatic rings. The minimum atomic E-state index is -5.08. The molecule has 1 aliphatic heterocycles. The van der Waals surface area contributed by atoms with E-state index in [0.717, 1.165) is 19.5 Å². The molecule has 0 unspecified atom stereocenters.